The first-order valence-electron chi connectivity index (χ1n) is 12.2. The van der Waals surface area contributed by atoms with Gasteiger partial charge in [-0.05, 0) is 89.2 Å². The monoisotopic (exact) mass is 447 g/mol. The number of fused-ring (bicyclic) bond motifs is 1. The maximum atomic E-state index is 13.0. The molecule has 0 saturated heterocycles. The van der Waals surface area contributed by atoms with E-state index in [1.165, 1.54) is 44.6 Å². The van der Waals surface area contributed by atoms with E-state index in [2.05, 4.69) is 23.3 Å². The highest BCUT2D eigenvalue weighted by Crippen LogP contribution is 2.42. The summed E-state index contributed by atoms with van der Waals surface area (Å²) in [5.74, 6) is 1.31. The Morgan fingerprint density at radius 3 is 2.32 bits per heavy atom. The fourth-order valence-electron chi connectivity index (χ4n) is 5.61. The van der Waals surface area contributed by atoms with Gasteiger partial charge in [-0.3, -0.25) is 9.59 Å². The quantitative estimate of drug-likeness (QED) is 0.534. The average molecular weight is 448 g/mol. The van der Waals surface area contributed by atoms with E-state index < -0.39 is 0 Å². The molecule has 0 aromatic carbocycles. The summed E-state index contributed by atoms with van der Waals surface area (Å²) in [5.41, 5.74) is 5.14. The molecular formula is C25H37NO4S. The Labute approximate surface area is 190 Å². The standard InChI is InChI=1S/C25H37NO4S/c1-16(26-30-17(2)27)18-7-11-21(12-8-18)31-22-13-9-19(10-14-22)25(28)24-15-20-5-3-4-6-23(20)29-24/h15,19-23,26H,3-14H2,1-2H3. The lowest BCUT2D eigenvalue weighted by Crippen LogP contribution is -2.27. The van der Waals surface area contributed by atoms with Crippen LogP contribution in [0.5, 0.6) is 0 Å². The molecule has 1 aliphatic heterocycles. The van der Waals surface area contributed by atoms with Crippen molar-refractivity contribution >= 4 is 23.5 Å². The first-order valence-corrected chi connectivity index (χ1v) is 13.1. The Kier molecular flexibility index (Phi) is 7.68. The average Bonchev–Trinajstić information content (AvgIpc) is 3.22. The van der Waals surface area contributed by atoms with Crippen LogP contribution in [0.15, 0.2) is 23.1 Å². The lowest BCUT2D eigenvalue weighted by Gasteiger charge is -2.32. The largest absolute Gasteiger partial charge is 0.486 e. The molecular weight excluding hydrogens is 410 g/mol. The number of ketones is 1. The zero-order chi connectivity index (χ0) is 21.8. The van der Waals surface area contributed by atoms with Crippen LogP contribution in [-0.2, 0) is 19.2 Å². The molecule has 0 spiro atoms. The molecule has 4 rings (SSSR count). The third kappa shape index (κ3) is 5.88. The fraction of sp³-hybridized carbons (Fsp3) is 0.760. The van der Waals surface area contributed by atoms with Crippen LogP contribution >= 0.6 is 11.8 Å². The number of hydroxylamine groups is 1. The second-order valence-corrected chi connectivity index (χ2v) is 11.3. The number of carbonyl (C=O) groups is 2. The minimum atomic E-state index is -0.313. The van der Waals surface area contributed by atoms with Gasteiger partial charge in [0.15, 0.2) is 11.5 Å². The first-order chi connectivity index (χ1) is 15.0. The van der Waals surface area contributed by atoms with E-state index in [9.17, 15) is 9.59 Å². The predicted octanol–water partition coefficient (Wildman–Crippen LogP) is 5.60. The maximum Gasteiger partial charge on any atom is 0.329 e. The van der Waals surface area contributed by atoms with E-state index in [0.717, 1.165) is 50.6 Å². The van der Waals surface area contributed by atoms with Crippen LogP contribution in [-0.4, -0.2) is 28.4 Å². The number of Topliss-reactive ketones (excluding diaryl/α,β-unsaturated/α-hetero) is 1. The zero-order valence-corrected chi connectivity index (χ0v) is 19.8. The fourth-order valence-corrected chi connectivity index (χ4v) is 7.20. The van der Waals surface area contributed by atoms with Crippen molar-refractivity contribution in [2.24, 2.45) is 11.8 Å². The van der Waals surface area contributed by atoms with Crippen LogP contribution in [0.3, 0.4) is 0 Å². The van der Waals surface area contributed by atoms with Gasteiger partial charge in [0.05, 0.1) is 0 Å². The zero-order valence-electron chi connectivity index (χ0n) is 19.0. The van der Waals surface area contributed by atoms with Crippen molar-refractivity contribution in [1.29, 1.82) is 0 Å². The summed E-state index contributed by atoms with van der Waals surface area (Å²) in [7, 11) is 0. The molecule has 4 aliphatic rings. The lowest BCUT2D eigenvalue weighted by molar-refractivity contribution is -0.146. The predicted molar refractivity (Wildman–Crippen MR) is 123 cm³/mol. The molecule has 0 amide bonds. The molecule has 0 aromatic heterocycles. The first kappa shape index (κ1) is 22.8. The topological polar surface area (TPSA) is 64.6 Å². The van der Waals surface area contributed by atoms with Crippen molar-refractivity contribution in [2.75, 3.05) is 0 Å². The SMILES string of the molecule is CC(=O)ONC(C)=C1CCC(SC2CCC(C(=O)C3=CC4CCCCC4O3)CC2)CC1. The minimum Gasteiger partial charge on any atom is -0.486 e. The molecule has 1 heterocycles. The Hall–Kier alpha value is -1.43. The summed E-state index contributed by atoms with van der Waals surface area (Å²) >= 11 is 2.15. The van der Waals surface area contributed by atoms with Crippen molar-refractivity contribution in [3.63, 3.8) is 0 Å². The van der Waals surface area contributed by atoms with Gasteiger partial charge < -0.3 is 9.57 Å². The number of thioether (sulfide) groups is 1. The molecule has 3 fully saturated rings. The van der Waals surface area contributed by atoms with Crippen molar-refractivity contribution in [2.45, 2.75) is 108 Å². The minimum absolute atomic E-state index is 0.166. The van der Waals surface area contributed by atoms with Gasteiger partial charge in [-0.2, -0.15) is 11.8 Å². The Morgan fingerprint density at radius 1 is 0.968 bits per heavy atom. The smallest absolute Gasteiger partial charge is 0.329 e. The highest BCUT2D eigenvalue weighted by molar-refractivity contribution is 8.00. The van der Waals surface area contributed by atoms with Crippen LogP contribution in [0.25, 0.3) is 0 Å². The molecule has 5 nitrogen and oxygen atoms in total. The van der Waals surface area contributed by atoms with E-state index in [1.54, 1.807) is 0 Å². The van der Waals surface area contributed by atoms with E-state index in [4.69, 9.17) is 9.57 Å². The maximum absolute atomic E-state index is 13.0. The van der Waals surface area contributed by atoms with E-state index in [0.29, 0.717) is 22.2 Å². The Bertz CT molecular complexity index is 728. The van der Waals surface area contributed by atoms with E-state index >= 15 is 0 Å². The number of hydrogen-bond acceptors (Lipinski definition) is 6. The van der Waals surface area contributed by atoms with Crippen molar-refractivity contribution in [1.82, 2.24) is 5.48 Å². The summed E-state index contributed by atoms with van der Waals surface area (Å²) in [6, 6.07) is 0. The number of carbonyl (C=O) groups excluding carboxylic acids is 2. The van der Waals surface area contributed by atoms with Crippen molar-refractivity contribution in [3.05, 3.63) is 23.1 Å². The highest BCUT2D eigenvalue weighted by atomic mass is 32.2. The van der Waals surface area contributed by atoms with Crippen LogP contribution in [0.1, 0.15) is 90.9 Å². The molecule has 172 valence electrons. The van der Waals surface area contributed by atoms with Gasteiger partial charge in [0.2, 0.25) is 0 Å². The number of allylic oxidation sites excluding steroid dienone is 3. The number of hydrogen-bond donors (Lipinski definition) is 1. The molecule has 3 saturated carbocycles. The van der Waals surface area contributed by atoms with Crippen LogP contribution in [0.4, 0.5) is 0 Å². The van der Waals surface area contributed by atoms with Gasteiger partial charge in [0.25, 0.3) is 0 Å². The third-order valence-corrected chi connectivity index (χ3v) is 9.20. The molecule has 31 heavy (non-hydrogen) atoms. The third-order valence-electron chi connectivity index (χ3n) is 7.48. The van der Waals surface area contributed by atoms with Gasteiger partial charge in [-0.15, -0.1) is 0 Å². The molecule has 0 aromatic rings. The van der Waals surface area contributed by atoms with Crippen LogP contribution < -0.4 is 5.48 Å². The van der Waals surface area contributed by atoms with Gasteiger partial charge in [0.1, 0.15) is 6.10 Å². The van der Waals surface area contributed by atoms with Crippen LogP contribution in [0.2, 0.25) is 0 Å². The number of rotatable bonds is 6. The molecule has 2 atom stereocenters. The second kappa shape index (κ2) is 10.5. The van der Waals surface area contributed by atoms with Crippen molar-refractivity contribution in [3.8, 4) is 0 Å². The Balaban J connectivity index is 1.18. The molecule has 0 bridgehead atoms. The van der Waals surface area contributed by atoms with Gasteiger partial charge >= 0.3 is 5.97 Å². The summed E-state index contributed by atoms with van der Waals surface area (Å²) in [4.78, 5) is 28.9. The highest BCUT2D eigenvalue weighted by Gasteiger charge is 2.37. The molecule has 2 unspecified atom stereocenters. The van der Waals surface area contributed by atoms with Gasteiger partial charge in [-0.1, -0.05) is 6.42 Å². The summed E-state index contributed by atoms with van der Waals surface area (Å²) in [6.07, 6.45) is 16.0. The van der Waals surface area contributed by atoms with E-state index in [-0.39, 0.29) is 23.8 Å². The number of ether oxygens (including phenoxy) is 1. The van der Waals surface area contributed by atoms with Gasteiger partial charge in [-0.25, -0.2) is 5.48 Å². The molecule has 3 aliphatic carbocycles. The summed E-state index contributed by atoms with van der Waals surface area (Å²) in [6.45, 7) is 3.40. The van der Waals surface area contributed by atoms with Crippen LogP contribution in [0, 0.1) is 11.8 Å². The summed E-state index contributed by atoms with van der Waals surface area (Å²) in [5, 5.41) is 1.38. The molecule has 6 heteroatoms. The van der Waals surface area contributed by atoms with E-state index in [1.807, 2.05) is 6.92 Å². The van der Waals surface area contributed by atoms with Gasteiger partial charge in [0, 0.05) is 35.0 Å². The molecule has 0 radical (unpaired) electrons. The summed E-state index contributed by atoms with van der Waals surface area (Å²) < 4.78 is 6.06. The number of nitrogens with one attached hydrogen (secondary N) is 1. The van der Waals surface area contributed by atoms with Crippen molar-refractivity contribution < 1.29 is 19.2 Å². The lowest BCUT2D eigenvalue weighted by atomic mass is 9.84. The molecule has 1 N–H and O–H groups in total. The normalized spacial score (nSPS) is 33.0. The Morgan fingerprint density at radius 2 is 1.65 bits per heavy atom. The second-order valence-electron chi connectivity index (χ2n) is 9.73.